The van der Waals surface area contributed by atoms with Gasteiger partial charge in [0.15, 0.2) is 0 Å². The van der Waals surface area contributed by atoms with Crippen molar-refractivity contribution in [3.05, 3.63) is 0 Å². The molecular weight excluding hydrogens is 262 g/mol. The van der Waals surface area contributed by atoms with Gasteiger partial charge in [0.05, 0.1) is 11.0 Å². The summed E-state index contributed by atoms with van der Waals surface area (Å²) >= 11 is 0. The molecule has 1 atom stereocenters. The summed E-state index contributed by atoms with van der Waals surface area (Å²) in [5.41, 5.74) is -2.14. The molecule has 0 saturated carbocycles. The van der Waals surface area contributed by atoms with Crippen LogP contribution < -0.4 is 16.0 Å². The van der Waals surface area contributed by atoms with Gasteiger partial charge >= 0.3 is 12.0 Å². The maximum Gasteiger partial charge on any atom is 0.315 e. The van der Waals surface area contributed by atoms with Crippen molar-refractivity contribution in [1.82, 2.24) is 16.0 Å². The number of carbonyl (C=O) groups excluding carboxylic acids is 2. The minimum absolute atomic E-state index is 0.294. The first-order valence-corrected chi connectivity index (χ1v) is 6.55. The summed E-state index contributed by atoms with van der Waals surface area (Å²) in [6.45, 7) is 10.1. The van der Waals surface area contributed by atoms with E-state index < -0.39 is 29.0 Å². The Morgan fingerprint density at radius 2 is 1.65 bits per heavy atom. The number of hydrogen-bond donors (Lipinski definition) is 4. The number of carbonyl (C=O) groups is 3. The van der Waals surface area contributed by atoms with Gasteiger partial charge in [-0.25, -0.2) is 4.79 Å². The average Bonchev–Trinajstić information content (AvgIpc) is 2.27. The molecule has 0 aliphatic carbocycles. The summed E-state index contributed by atoms with van der Waals surface area (Å²) in [6, 6.07) is -1.28. The normalized spacial score (nSPS) is 13.3. The van der Waals surface area contributed by atoms with Gasteiger partial charge in [-0.05, 0) is 41.5 Å². The largest absolute Gasteiger partial charge is 0.481 e. The number of rotatable bonds is 6. The first-order chi connectivity index (χ1) is 8.95. The van der Waals surface area contributed by atoms with E-state index >= 15 is 0 Å². The van der Waals surface area contributed by atoms with Crippen LogP contribution in [0, 0.1) is 5.41 Å². The van der Waals surface area contributed by atoms with Crippen molar-refractivity contribution in [2.75, 3.05) is 6.54 Å². The first kappa shape index (κ1) is 18.2. The van der Waals surface area contributed by atoms with E-state index in [0.29, 0.717) is 6.54 Å². The predicted molar refractivity (Wildman–Crippen MR) is 75.3 cm³/mol. The molecule has 0 rings (SSSR count). The summed E-state index contributed by atoms with van der Waals surface area (Å²) in [6.07, 6.45) is 0. The highest BCUT2D eigenvalue weighted by atomic mass is 16.4. The molecule has 0 fully saturated rings. The van der Waals surface area contributed by atoms with E-state index in [0.717, 1.165) is 0 Å². The van der Waals surface area contributed by atoms with E-state index in [1.807, 2.05) is 0 Å². The molecule has 1 unspecified atom stereocenters. The van der Waals surface area contributed by atoms with Crippen LogP contribution in [0.25, 0.3) is 0 Å². The lowest BCUT2D eigenvalue weighted by Gasteiger charge is -2.38. The third-order valence-electron chi connectivity index (χ3n) is 3.62. The lowest BCUT2D eigenvalue weighted by molar-refractivity contribution is -0.150. The molecule has 0 saturated heterocycles. The van der Waals surface area contributed by atoms with Gasteiger partial charge in [0, 0.05) is 6.54 Å². The fourth-order valence-electron chi connectivity index (χ4n) is 1.33. The van der Waals surface area contributed by atoms with Gasteiger partial charge in [-0.1, -0.05) is 0 Å². The number of amides is 3. The van der Waals surface area contributed by atoms with Crippen molar-refractivity contribution in [3.8, 4) is 0 Å². The molecule has 7 heteroatoms. The van der Waals surface area contributed by atoms with Crippen molar-refractivity contribution in [2.45, 2.75) is 53.1 Å². The van der Waals surface area contributed by atoms with Crippen LogP contribution in [0.1, 0.15) is 41.5 Å². The van der Waals surface area contributed by atoms with Gasteiger partial charge in [0.2, 0.25) is 5.91 Å². The Kier molecular flexibility index (Phi) is 5.99. The zero-order valence-electron chi connectivity index (χ0n) is 13.0. The quantitative estimate of drug-likeness (QED) is 0.576. The standard InChI is InChI=1S/C13H25N3O4/c1-7-14-9(17)8(2)15-11(20)16-13(5,6)12(3,4)10(18)19/h8H,7H2,1-6H3,(H,14,17)(H,18,19)(H2,15,16,20). The molecule has 0 aromatic heterocycles. The van der Waals surface area contributed by atoms with Crippen LogP contribution in [-0.2, 0) is 9.59 Å². The first-order valence-electron chi connectivity index (χ1n) is 6.55. The van der Waals surface area contributed by atoms with Gasteiger partial charge in [-0.15, -0.1) is 0 Å². The summed E-state index contributed by atoms with van der Waals surface area (Å²) in [4.78, 5) is 34.6. The van der Waals surface area contributed by atoms with Gasteiger partial charge in [0.1, 0.15) is 6.04 Å². The van der Waals surface area contributed by atoms with Crippen LogP contribution in [-0.4, -0.2) is 41.1 Å². The van der Waals surface area contributed by atoms with E-state index in [4.69, 9.17) is 0 Å². The predicted octanol–water partition coefficient (Wildman–Crippen LogP) is 0.700. The number of aliphatic carboxylic acids is 1. The Balaban J connectivity index is 4.69. The number of carboxylic acids is 1. The third-order valence-corrected chi connectivity index (χ3v) is 3.62. The van der Waals surface area contributed by atoms with Crippen LogP contribution in [0.3, 0.4) is 0 Å². The molecule has 0 aliphatic heterocycles. The average molecular weight is 287 g/mol. The number of likely N-dealkylation sites (N-methyl/N-ethyl adjacent to an activating group) is 1. The number of hydrogen-bond acceptors (Lipinski definition) is 3. The van der Waals surface area contributed by atoms with E-state index in [2.05, 4.69) is 16.0 Å². The van der Waals surface area contributed by atoms with E-state index in [-0.39, 0.29) is 5.91 Å². The Morgan fingerprint density at radius 3 is 2.05 bits per heavy atom. The molecule has 0 spiro atoms. The molecule has 0 heterocycles. The Labute approximate surface area is 119 Å². The molecule has 20 heavy (non-hydrogen) atoms. The molecule has 0 bridgehead atoms. The monoisotopic (exact) mass is 287 g/mol. The molecular formula is C13H25N3O4. The smallest absolute Gasteiger partial charge is 0.315 e. The van der Waals surface area contributed by atoms with Gasteiger partial charge in [-0.3, -0.25) is 9.59 Å². The molecule has 0 aromatic rings. The summed E-state index contributed by atoms with van der Waals surface area (Å²) in [7, 11) is 0. The van der Waals surface area contributed by atoms with Crippen molar-refractivity contribution in [3.63, 3.8) is 0 Å². The number of urea groups is 1. The highest BCUT2D eigenvalue weighted by Crippen LogP contribution is 2.30. The Morgan fingerprint density at radius 1 is 1.15 bits per heavy atom. The number of carboxylic acid groups (broad SMARTS) is 1. The summed E-state index contributed by atoms with van der Waals surface area (Å²) < 4.78 is 0. The van der Waals surface area contributed by atoms with Gasteiger partial charge < -0.3 is 21.1 Å². The summed E-state index contributed by atoms with van der Waals surface area (Å²) in [5, 5.41) is 16.9. The van der Waals surface area contributed by atoms with Crippen molar-refractivity contribution >= 4 is 17.9 Å². The highest BCUT2D eigenvalue weighted by Gasteiger charge is 2.44. The van der Waals surface area contributed by atoms with Crippen LogP contribution in [0.2, 0.25) is 0 Å². The third kappa shape index (κ3) is 4.40. The van der Waals surface area contributed by atoms with Crippen molar-refractivity contribution in [2.24, 2.45) is 5.41 Å². The molecule has 116 valence electrons. The van der Waals surface area contributed by atoms with Crippen molar-refractivity contribution < 1.29 is 19.5 Å². The molecule has 0 radical (unpaired) electrons. The molecule has 0 aromatic carbocycles. The van der Waals surface area contributed by atoms with Gasteiger partial charge in [0.25, 0.3) is 0 Å². The van der Waals surface area contributed by atoms with Crippen LogP contribution >= 0.6 is 0 Å². The second-order valence-corrected chi connectivity index (χ2v) is 5.77. The van der Waals surface area contributed by atoms with E-state index in [1.54, 1.807) is 27.7 Å². The van der Waals surface area contributed by atoms with Crippen LogP contribution in [0.4, 0.5) is 4.79 Å². The Bertz CT molecular complexity index is 391. The van der Waals surface area contributed by atoms with E-state index in [9.17, 15) is 19.5 Å². The minimum Gasteiger partial charge on any atom is -0.481 e. The lowest BCUT2D eigenvalue weighted by atomic mass is 9.74. The van der Waals surface area contributed by atoms with Crippen molar-refractivity contribution in [1.29, 1.82) is 0 Å². The fraction of sp³-hybridized carbons (Fsp3) is 0.769. The van der Waals surface area contributed by atoms with E-state index in [1.165, 1.54) is 13.8 Å². The second-order valence-electron chi connectivity index (χ2n) is 5.77. The zero-order chi connectivity index (χ0) is 16.1. The van der Waals surface area contributed by atoms with Crippen LogP contribution in [0.5, 0.6) is 0 Å². The maximum atomic E-state index is 11.9. The van der Waals surface area contributed by atoms with Crippen LogP contribution in [0.15, 0.2) is 0 Å². The minimum atomic E-state index is -1.15. The molecule has 3 amide bonds. The molecule has 7 nitrogen and oxygen atoms in total. The Hall–Kier alpha value is -1.79. The molecule has 4 N–H and O–H groups in total. The second kappa shape index (κ2) is 6.58. The summed E-state index contributed by atoms with van der Waals surface area (Å²) in [5.74, 6) is -1.31. The number of nitrogens with one attached hydrogen (secondary N) is 3. The zero-order valence-corrected chi connectivity index (χ0v) is 13.0. The highest BCUT2D eigenvalue weighted by molar-refractivity contribution is 5.87. The maximum absolute atomic E-state index is 11.9. The lowest BCUT2D eigenvalue weighted by Crippen LogP contribution is -2.60. The topological polar surface area (TPSA) is 108 Å². The molecule has 0 aliphatic rings. The van der Waals surface area contributed by atoms with Gasteiger partial charge in [-0.2, -0.15) is 0 Å². The fourth-order valence-corrected chi connectivity index (χ4v) is 1.33. The SMILES string of the molecule is CCNC(=O)C(C)NC(=O)NC(C)(C)C(C)(C)C(=O)O.